The molecule has 1 aliphatic rings. The molecule has 17 heavy (non-hydrogen) atoms. The quantitative estimate of drug-likeness (QED) is 0.768. The molecule has 1 rings (SSSR count). The van der Waals surface area contributed by atoms with Gasteiger partial charge in [-0.25, -0.2) is 8.42 Å². The first-order valence-corrected chi connectivity index (χ1v) is 6.80. The van der Waals surface area contributed by atoms with Crippen molar-refractivity contribution in [3.63, 3.8) is 0 Å². The summed E-state index contributed by atoms with van der Waals surface area (Å²) < 4.78 is 34.6. The lowest BCUT2D eigenvalue weighted by atomic mass is 9.99. The molecular weight excluding hydrogens is 271 g/mol. The van der Waals surface area contributed by atoms with Gasteiger partial charge >= 0.3 is 0 Å². The molecule has 0 radical (unpaired) electrons. The fourth-order valence-corrected chi connectivity index (χ4v) is 1.98. The molecule has 0 spiro atoms. The van der Waals surface area contributed by atoms with Crippen LogP contribution in [0.2, 0.25) is 0 Å². The third-order valence-corrected chi connectivity index (χ3v) is 3.26. The number of hydrogen-bond acceptors (Lipinski definition) is 4. The van der Waals surface area contributed by atoms with E-state index >= 15 is 0 Å². The zero-order valence-electron chi connectivity index (χ0n) is 9.35. The van der Waals surface area contributed by atoms with Crippen molar-refractivity contribution in [3.8, 4) is 0 Å². The van der Waals surface area contributed by atoms with E-state index in [0.29, 0.717) is 13.0 Å². The molecule has 0 bridgehead atoms. The topological polar surface area (TPSA) is 89.3 Å². The molecule has 100 valence electrons. The fraction of sp³-hybridized carbons (Fsp3) is 0.667. The summed E-state index contributed by atoms with van der Waals surface area (Å²) in [4.78, 5) is 11.2. The van der Waals surface area contributed by atoms with Crippen LogP contribution in [0.1, 0.15) is 12.8 Å². The largest absolute Gasteiger partial charge is 0.356 e. The first kappa shape index (κ1) is 16.3. The van der Waals surface area contributed by atoms with E-state index in [1.54, 1.807) is 0 Å². The van der Waals surface area contributed by atoms with Crippen LogP contribution in [0, 0.1) is 5.92 Å². The average Bonchev–Trinajstić information content (AvgIpc) is 2.50. The van der Waals surface area contributed by atoms with Gasteiger partial charge in [0.05, 0.1) is 0 Å². The molecule has 0 aromatic rings. The Morgan fingerprint density at radius 2 is 2.29 bits per heavy atom. The zero-order valence-corrected chi connectivity index (χ0v) is 11.0. The molecule has 1 amide bonds. The van der Waals surface area contributed by atoms with Crippen LogP contribution in [0.25, 0.3) is 0 Å². The molecule has 1 fully saturated rings. The van der Waals surface area contributed by atoms with Gasteiger partial charge in [0.1, 0.15) is 0 Å². The summed E-state index contributed by atoms with van der Waals surface area (Å²) in [5.41, 5.74) is 5.55. The maximum absolute atomic E-state index is 13.0. The third kappa shape index (κ3) is 5.01. The summed E-state index contributed by atoms with van der Waals surface area (Å²) in [6.45, 7) is 0.592. The van der Waals surface area contributed by atoms with Gasteiger partial charge in [0.2, 0.25) is 20.9 Å². The summed E-state index contributed by atoms with van der Waals surface area (Å²) in [6.07, 6.45) is 2.53. The Kier molecular flexibility index (Phi) is 6.08. The number of nitrogens with two attached hydrogens (primary N) is 1. The Bertz CT molecular complexity index is 410. The van der Waals surface area contributed by atoms with Gasteiger partial charge < -0.3 is 11.1 Å². The molecule has 8 heteroatoms. The second kappa shape index (κ2) is 6.32. The van der Waals surface area contributed by atoms with Crippen LogP contribution in [0.5, 0.6) is 0 Å². The molecule has 3 N–H and O–H groups in total. The highest BCUT2D eigenvalue weighted by molar-refractivity contribution is 7.94. The molecule has 1 heterocycles. The lowest BCUT2D eigenvalue weighted by molar-refractivity contribution is -0.122. The van der Waals surface area contributed by atoms with Crippen molar-refractivity contribution in [1.82, 2.24) is 5.32 Å². The van der Waals surface area contributed by atoms with Gasteiger partial charge in [-0.1, -0.05) is 0 Å². The Hall–Kier alpha value is -0.660. The molecule has 0 saturated carbocycles. The van der Waals surface area contributed by atoms with Crippen LogP contribution in [-0.4, -0.2) is 33.2 Å². The Morgan fingerprint density at radius 3 is 2.71 bits per heavy atom. The first-order valence-electron chi connectivity index (χ1n) is 4.91. The summed E-state index contributed by atoms with van der Waals surface area (Å²) in [6, 6.07) is -0.761. The monoisotopic (exact) mass is 286 g/mol. The van der Waals surface area contributed by atoms with Crippen LogP contribution in [-0.2, 0) is 14.6 Å². The number of carbonyl (C=O) groups is 1. The normalized spacial score (nSPS) is 22.9. The molecule has 1 saturated heterocycles. The zero-order chi connectivity index (χ0) is 12.3. The second-order valence-corrected chi connectivity index (χ2v) is 5.85. The molecule has 5 nitrogen and oxygen atoms in total. The Labute approximate surface area is 106 Å². The van der Waals surface area contributed by atoms with Crippen LogP contribution in [0.3, 0.4) is 0 Å². The summed E-state index contributed by atoms with van der Waals surface area (Å²) in [5, 5.41) is 1.39. The van der Waals surface area contributed by atoms with Crippen molar-refractivity contribution in [2.24, 2.45) is 11.7 Å². The van der Waals surface area contributed by atoms with E-state index in [2.05, 4.69) is 5.32 Å². The molecule has 1 aliphatic heterocycles. The third-order valence-electron chi connectivity index (χ3n) is 2.42. The van der Waals surface area contributed by atoms with E-state index in [1.807, 2.05) is 0 Å². The number of rotatable bonds is 4. The minimum Gasteiger partial charge on any atom is -0.356 e. The van der Waals surface area contributed by atoms with Crippen LogP contribution >= 0.6 is 12.4 Å². The van der Waals surface area contributed by atoms with Crippen molar-refractivity contribution in [2.45, 2.75) is 18.9 Å². The summed E-state index contributed by atoms with van der Waals surface area (Å²) in [5.74, 6) is -0.359. The molecule has 0 aromatic heterocycles. The van der Waals surface area contributed by atoms with Crippen LogP contribution in [0.4, 0.5) is 4.39 Å². The highest BCUT2D eigenvalue weighted by Gasteiger charge is 2.26. The molecule has 0 unspecified atom stereocenters. The predicted octanol–water partition coefficient (Wildman–Crippen LogP) is 0.117. The minimum absolute atomic E-state index is 0. The first-order chi connectivity index (χ1) is 7.30. The van der Waals surface area contributed by atoms with E-state index in [9.17, 15) is 17.6 Å². The maximum atomic E-state index is 13.0. The molecule has 0 aliphatic carbocycles. The number of amides is 1. The smallest absolute Gasteiger partial charge is 0.223 e. The maximum Gasteiger partial charge on any atom is 0.223 e. The lowest BCUT2D eigenvalue weighted by Gasteiger charge is -2.10. The SMILES string of the molecule is CS(=O)(=O)/C(F)=C\[C@@H](N)C[C@@H]1CCNC1=O.Cl. The van der Waals surface area contributed by atoms with Gasteiger partial charge in [0.25, 0.3) is 0 Å². The minimum atomic E-state index is -3.83. The number of halogens is 2. The molecule has 2 atom stereocenters. The van der Waals surface area contributed by atoms with Gasteiger partial charge in [0, 0.05) is 24.8 Å². The van der Waals surface area contributed by atoms with E-state index in [0.717, 1.165) is 12.3 Å². The number of nitrogens with one attached hydrogen (secondary N) is 1. The van der Waals surface area contributed by atoms with Crippen LogP contribution < -0.4 is 11.1 Å². The second-order valence-electron chi connectivity index (χ2n) is 3.92. The van der Waals surface area contributed by atoms with Crippen molar-refractivity contribution in [1.29, 1.82) is 0 Å². The molecule has 0 aromatic carbocycles. The molecular formula is C9H16ClFN2O3S. The van der Waals surface area contributed by atoms with Gasteiger partial charge in [-0.3, -0.25) is 4.79 Å². The standard InChI is InChI=1S/C9H15FN2O3S.ClH/c1-16(14,15)8(10)5-7(11)4-6-2-3-12-9(6)13;/h5-7H,2-4,11H2,1H3,(H,12,13);1H/b8-5-;/t6-,7-;/m0./s1. The number of hydrogen-bond donors (Lipinski definition) is 2. The van der Waals surface area contributed by atoms with Crippen molar-refractivity contribution >= 4 is 28.2 Å². The van der Waals surface area contributed by atoms with Crippen molar-refractivity contribution in [3.05, 3.63) is 11.2 Å². The highest BCUT2D eigenvalue weighted by Crippen LogP contribution is 2.17. The van der Waals surface area contributed by atoms with E-state index in [4.69, 9.17) is 5.73 Å². The summed E-state index contributed by atoms with van der Waals surface area (Å²) >= 11 is 0. The lowest BCUT2D eigenvalue weighted by Crippen LogP contribution is -2.27. The van der Waals surface area contributed by atoms with Gasteiger partial charge in [-0.05, 0) is 18.9 Å². The predicted molar refractivity (Wildman–Crippen MR) is 65.0 cm³/mol. The van der Waals surface area contributed by atoms with E-state index < -0.39 is 21.0 Å². The van der Waals surface area contributed by atoms with E-state index in [1.165, 1.54) is 0 Å². The number of sulfone groups is 1. The van der Waals surface area contributed by atoms with Crippen molar-refractivity contribution in [2.75, 3.05) is 12.8 Å². The Morgan fingerprint density at radius 1 is 1.71 bits per heavy atom. The van der Waals surface area contributed by atoms with Gasteiger partial charge in [-0.2, -0.15) is 4.39 Å². The van der Waals surface area contributed by atoms with Crippen molar-refractivity contribution < 1.29 is 17.6 Å². The van der Waals surface area contributed by atoms with Gasteiger partial charge in [-0.15, -0.1) is 12.4 Å². The number of carbonyl (C=O) groups excluding carboxylic acids is 1. The van der Waals surface area contributed by atoms with Gasteiger partial charge in [0.15, 0.2) is 0 Å². The average molecular weight is 287 g/mol. The van der Waals surface area contributed by atoms with E-state index in [-0.39, 0.29) is 30.7 Å². The van der Waals surface area contributed by atoms with Crippen LogP contribution in [0.15, 0.2) is 11.2 Å². The highest BCUT2D eigenvalue weighted by atomic mass is 35.5. The fourth-order valence-electron chi connectivity index (χ4n) is 1.56. The Balaban J connectivity index is 0.00000256. The summed E-state index contributed by atoms with van der Waals surface area (Å²) in [7, 11) is -3.83.